The van der Waals surface area contributed by atoms with E-state index in [4.69, 9.17) is 10.3 Å². The molecule has 2 aromatic rings. The summed E-state index contributed by atoms with van der Waals surface area (Å²) in [5, 5.41) is 3.80. The Morgan fingerprint density at radius 2 is 2.27 bits per heavy atom. The first-order valence-corrected chi connectivity index (χ1v) is 4.64. The molecule has 0 aliphatic carbocycles. The molecule has 15 heavy (non-hydrogen) atoms. The lowest BCUT2D eigenvalue weighted by Crippen LogP contribution is -2.06. The van der Waals surface area contributed by atoms with Crippen LogP contribution < -0.4 is 5.73 Å². The molecule has 2 N–H and O–H groups in total. The van der Waals surface area contributed by atoms with Gasteiger partial charge < -0.3 is 10.3 Å². The number of hydrogen-bond donors (Lipinski definition) is 1. The molecule has 78 valence electrons. The summed E-state index contributed by atoms with van der Waals surface area (Å²) in [5.41, 5.74) is 7.82. The van der Waals surface area contributed by atoms with Gasteiger partial charge in [-0.05, 0) is 24.6 Å². The summed E-state index contributed by atoms with van der Waals surface area (Å²) < 4.78 is 17.9. The molecule has 0 radical (unpaired) electrons. The van der Waals surface area contributed by atoms with Gasteiger partial charge in [0.15, 0.2) is 0 Å². The normalized spacial score (nSPS) is 12.7. The summed E-state index contributed by atoms with van der Waals surface area (Å²) in [7, 11) is 0. The number of nitrogens with zero attached hydrogens (tertiary/aromatic N) is 1. The van der Waals surface area contributed by atoms with Crippen molar-refractivity contribution in [1.82, 2.24) is 5.16 Å². The van der Waals surface area contributed by atoms with E-state index in [2.05, 4.69) is 5.16 Å². The van der Waals surface area contributed by atoms with E-state index in [-0.39, 0.29) is 11.9 Å². The minimum atomic E-state index is -0.288. The summed E-state index contributed by atoms with van der Waals surface area (Å²) in [4.78, 5) is 0. The van der Waals surface area contributed by atoms with Crippen LogP contribution in [0.4, 0.5) is 4.39 Å². The molecule has 1 aromatic heterocycles. The Bertz CT molecular complexity index is 465. The molecule has 0 saturated carbocycles. The molecular formula is C11H11FN2O. The van der Waals surface area contributed by atoms with E-state index in [1.54, 1.807) is 19.1 Å². The van der Waals surface area contributed by atoms with Gasteiger partial charge in [-0.25, -0.2) is 4.39 Å². The molecule has 1 heterocycles. The molecule has 1 unspecified atom stereocenters. The molecule has 0 spiro atoms. The Morgan fingerprint density at radius 3 is 2.93 bits per heavy atom. The van der Waals surface area contributed by atoms with Crippen LogP contribution in [0.5, 0.6) is 0 Å². The average molecular weight is 206 g/mol. The maximum absolute atomic E-state index is 13.0. The third-order valence-electron chi connectivity index (χ3n) is 2.16. The molecule has 1 aromatic carbocycles. The first-order chi connectivity index (χ1) is 7.18. The van der Waals surface area contributed by atoms with Crippen LogP contribution in [0, 0.1) is 5.82 Å². The third-order valence-corrected chi connectivity index (χ3v) is 2.16. The van der Waals surface area contributed by atoms with Crippen molar-refractivity contribution < 1.29 is 8.91 Å². The van der Waals surface area contributed by atoms with Gasteiger partial charge in [0.1, 0.15) is 17.8 Å². The van der Waals surface area contributed by atoms with Crippen molar-refractivity contribution in [1.29, 1.82) is 0 Å². The summed E-state index contributed by atoms with van der Waals surface area (Å²) >= 11 is 0. The van der Waals surface area contributed by atoms with E-state index in [0.717, 1.165) is 11.1 Å². The minimum absolute atomic E-state index is 0.234. The van der Waals surface area contributed by atoms with Crippen LogP contribution in [0.2, 0.25) is 0 Å². The zero-order valence-corrected chi connectivity index (χ0v) is 8.27. The van der Waals surface area contributed by atoms with E-state index >= 15 is 0 Å². The lowest BCUT2D eigenvalue weighted by Gasteiger charge is -2.03. The van der Waals surface area contributed by atoms with Crippen LogP contribution in [-0.2, 0) is 0 Å². The Morgan fingerprint density at radius 1 is 1.47 bits per heavy atom. The maximum Gasteiger partial charge on any atom is 0.131 e. The van der Waals surface area contributed by atoms with E-state index in [1.165, 1.54) is 18.4 Å². The molecule has 0 bridgehead atoms. The topological polar surface area (TPSA) is 52.0 Å². The second kappa shape index (κ2) is 3.82. The van der Waals surface area contributed by atoms with Crippen molar-refractivity contribution in [3.05, 3.63) is 42.0 Å². The summed E-state index contributed by atoms with van der Waals surface area (Å²) in [6.07, 6.45) is 1.48. The lowest BCUT2D eigenvalue weighted by molar-refractivity contribution is 0.407. The largest absolute Gasteiger partial charge is 0.364 e. The van der Waals surface area contributed by atoms with Crippen LogP contribution in [-0.4, -0.2) is 5.16 Å². The van der Waals surface area contributed by atoms with E-state index < -0.39 is 0 Å². The highest BCUT2D eigenvalue weighted by atomic mass is 19.1. The summed E-state index contributed by atoms with van der Waals surface area (Å²) in [6.45, 7) is 1.81. The van der Waals surface area contributed by atoms with Crippen LogP contribution in [0.25, 0.3) is 11.1 Å². The van der Waals surface area contributed by atoms with Gasteiger partial charge >= 0.3 is 0 Å². The highest BCUT2D eigenvalue weighted by Gasteiger charge is 2.13. The number of benzene rings is 1. The second-order valence-corrected chi connectivity index (χ2v) is 3.41. The quantitative estimate of drug-likeness (QED) is 0.821. The van der Waals surface area contributed by atoms with Crippen LogP contribution >= 0.6 is 0 Å². The van der Waals surface area contributed by atoms with E-state index in [0.29, 0.717) is 5.69 Å². The van der Waals surface area contributed by atoms with Gasteiger partial charge in [0, 0.05) is 11.6 Å². The molecule has 0 amide bonds. The monoisotopic (exact) mass is 206 g/mol. The highest BCUT2D eigenvalue weighted by Crippen LogP contribution is 2.26. The molecule has 0 aliphatic rings. The smallest absolute Gasteiger partial charge is 0.131 e. The van der Waals surface area contributed by atoms with Gasteiger partial charge in [-0.1, -0.05) is 17.3 Å². The van der Waals surface area contributed by atoms with Crippen molar-refractivity contribution in [2.75, 3.05) is 0 Å². The van der Waals surface area contributed by atoms with Gasteiger partial charge in [-0.15, -0.1) is 0 Å². The number of halogens is 1. The Balaban J connectivity index is 2.49. The molecule has 0 aliphatic heterocycles. The first-order valence-electron chi connectivity index (χ1n) is 4.64. The van der Waals surface area contributed by atoms with Crippen LogP contribution in [0.3, 0.4) is 0 Å². The fraction of sp³-hybridized carbons (Fsp3) is 0.182. The average Bonchev–Trinajstić information content (AvgIpc) is 2.65. The first kappa shape index (κ1) is 9.86. The Hall–Kier alpha value is -1.68. The van der Waals surface area contributed by atoms with Crippen LogP contribution in [0.15, 0.2) is 35.1 Å². The molecule has 0 saturated heterocycles. The molecule has 3 nitrogen and oxygen atoms in total. The van der Waals surface area contributed by atoms with Gasteiger partial charge in [-0.2, -0.15) is 0 Å². The lowest BCUT2D eigenvalue weighted by atomic mass is 10.0. The van der Waals surface area contributed by atoms with Crippen molar-refractivity contribution in [3.63, 3.8) is 0 Å². The minimum Gasteiger partial charge on any atom is -0.364 e. The Kier molecular flexibility index (Phi) is 2.51. The number of hydrogen-bond acceptors (Lipinski definition) is 3. The predicted molar refractivity (Wildman–Crippen MR) is 54.5 cm³/mol. The van der Waals surface area contributed by atoms with E-state index in [9.17, 15) is 4.39 Å². The molecular weight excluding hydrogens is 195 g/mol. The fourth-order valence-electron chi connectivity index (χ4n) is 1.45. The van der Waals surface area contributed by atoms with Crippen molar-refractivity contribution >= 4 is 0 Å². The van der Waals surface area contributed by atoms with Crippen molar-refractivity contribution in [3.8, 4) is 11.1 Å². The van der Waals surface area contributed by atoms with Gasteiger partial charge in [0.2, 0.25) is 0 Å². The van der Waals surface area contributed by atoms with Gasteiger partial charge in [0.05, 0.1) is 0 Å². The van der Waals surface area contributed by atoms with Crippen LogP contribution in [0.1, 0.15) is 18.7 Å². The third kappa shape index (κ3) is 1.89. The summed E-state index contributed by atoms with van der Waals surface area (Å²) in [6, 6.07) is 6.02. The Labute approximate surface area is 86.7 Å². The highest BCUT2D eigenvalue weighted by molar-refractivity contribution is 5.65. The van der Waals surface area contributed by atoms with Gasteiger partial charge in [-0.3, -0.25) is 0 Å². The standard InChI is InChI=1S/C11H11FN2O/c1-7(13)11-10(6-15-14-11)8-3-2-4-9(12)5-8/h2-7H,13H2,1H3. The maximum atomic E-state index is 13.0. The molecule has 0 fully saturated rings. The molecule has 4 heteroatoms. The van der Waals surface area contributed by atoms with Crippen molar-refractivity contribution in [2.24, 2.45) is 5.73 Å². The number of nitrogens with two attached hydrogens (primary N) is 1. The zero-order chi connectivity index (χ0) is 10.8. The number of rotatable bonds is 2. The van der Waals surface area contributed by atoms with Gasteiger partial charge in [0.25, 0.3) is 0 Å². The molecule has 1 atom stereocenters. The predicted octanol–water partition coefficient (Wildman–Crippen LogP) is 2.50. The SMILES string of the molecule is CC(N)c1nocc1-c1cccc(F)c1. The second-order valence-electron chi connectivity index (χ2n) is 3.41. The van der Waals surface area contributed by atoms with E-state index in [1.807, 2.05) is 0 Å². The van der Waals surface area contributed by atoms with Crippen molar-refractivity contribution in [2.45, 2.75) is 13.0 Å². The molecule has 2 rings (SSSR count). The number of aromatic nitrogens is 1. The fourth-order valence-corrected chi connectivity index (χ4v) is 1.45. The summed E-state index contributed by atoms with van der Waals surface area (Å²) in [5.74, 6) is -0.288. The zero-order valence-electron chi connectivity index (χ0n) is 8.27.